The van der Waals surface area contributed by atoms with Gasteiger partial charge in [0.15, 0.2) is 11.9 Å². The standard InChI is InChI=1S/C48H71N5O12/c1-14-36-48(10)40(50-46(59)65-48)29(6)37(54)27(4)25-47(9,64-45(58)49-22-15-16-32-17-19-33(20-18-32)34-21-23-53(13)51-34)41(63-44-38(55)35(52(11)12)24-28(5)60-44)30(7)39(31(8)43(57)61-36)62-42(56)26(2)3/h15-21,23,26-31,35-36,38-41,44,55H,14,22,24-25H2,1-13H3,(H,49,58)(H,50,59)/b16-15+/t27-,28-,29+,30+,31-,35+,36-,38-,39+,40-,41-,44+,47-,48-/m1/s1. The van der Waals surface area contributed by atoms with Crippen LogP contribution >= 0.6 is 0 Å². The number of nitrogens with one attached hydrogen (secondary N) is 2. The number of carbonyl (C=O) groups is 5. The van der Waals surface area contributed by atoms with E-state index in [1.165, 1.54) is 0 Å². The lowest BCUT2D eigenvalue weighted by Crippen LogP contribution is -2.61. The predicted octanol–water partition coefficient (Wildman–Crippen LogP) is 5.67. The molecule has 14 atom stereocenters. The van der Waals surface area contributed by atoms with Crippen LogP contribution in [0.15, 0.2) is 42.6 Å². The van der Waals surface area contributed by atoms with Gasteiger partial charge in [-0.1, -0.05) is 78.0 Å². The molecule has 0 radical (unpaired) electrons. The lowest BCUT2D eigenvalue weighted by Gasteiger charge is -2.48. The summed E-state index contributed by atoms with van der Waals surface area (Å²) in [6.07, 6.45) is -1.91. The maximum atomic E-state index is 14.7. The maximum Gasteiger partial charge on any atom is 0.408 e. The smallest absolute Gasteiger partial charge is 0.408 e. The minimum atomic E-state index is -1.73. The van der Waals surface area contributed by atoms with Crippen molar-refractivity contribution in [1.29, 1.82) is 0 Å². The number of hydrogen-bond donors (Lipinski definition) is 3. The van der Waals surface area contributed by atoms with E-state index < -0.39 is 102 Å². The van der Waals surface area contributed by atoms with Crippen molar-refractivity contribution in [2.45, 2.75) is 149 Å². The van der Waals surface area contributed by atoms with Crippen LogP contribution in [0.4, 0.5) is 9.59 Å². The van der Waals surface area contributed by atoms with Crippen LogP contribution in [0.25, 0.3) is 17.3 Å². The van der Waals surface area contributed by atoms with Gasteiger partial charge in [-0.25, -0.2) is 9.59 Å². The quantitative estimate of drug-likeness (QED) is 0.184. The third-order valence-corrected chi connectivity index (χ3v) is 13.3. The number of amides is 2. The molecule has 3 fully saturated rings. The van der Waals surface area contributed by atoms with Crippen LogP contribution in [0.5, 0.6) is 0 Å². The van der Waals surface area contributed by atoms with Gasteiger partial charge in [0.2, 0.25) is 0 Å². The Bertz CT molecular complexity index is 2020. The van der Waals surface area contributed by atoms with Gasteiger partial charge in [-0.05, 0) is 72.7 Å². The summed E-state index contributed by atoms with van der Waals surface area (Å²) < 4.78 is 39.5. The highest BCUT2D eigenvalue weighted by Crippen LogP contribution is 2.42. The molecule has 360 valence electrons. The van der Waals surface area contributed by atoms with Crippen LogP contribution in [0.1, 0.15) is 94.1 Å². The average molecular weight is 910 g/mol. The van der Waals surface area contributed by atoms with Crippen LogP contribution in [0.3, 0.4) is 0 Å². The number of esters is 2. The molecule has 5 rings (SSSR count). The lowest BCUT2D eigenvalue weighted by molar-refractivity contribution is -0.298. The van der Waals surface area contributed by atoms with Crippen LogP contribution < -0.4 is 10.6 Å². The van der Waals surface area contributed by atoms with Gasteiger partial charge in [0.1, 0.15) is 35.8 Å². The van der Waals surface area contributed by atoms with Gasteiger partial charge in [0.25, 0.3) is 0 Å². The molecule has 0 saturated carbocycles. The fourth-order valence-corrected chi connectivity index (χ4v) is 9.62. The van der Waals surface area contributed by atoms with Gasteiger partial charge in [0, 0.05) is 49.1 Å². The second-order valence-electron chi connectivity index (χ2n) is 19.1. The molecule has 2 aromatic rings. The summed E-state index contributed by atoms with van der Waals surface area (Å²) in [5.41, 5.74) is -0.498. The number of aromatic nitrogens is 2. The molecular weight excluding hydrogens is 839 g/mol. The summed E-state index contributed by atoms with van der Waals surface area (Å²) in [5, 5.41) is 21.8. The molecule has 3 saturated heterocycles. The van der Waals surface area contributed by atoms with E-state index in [-0.39, 0.29) is 37.3 Å². The van der Waals surface area contributed by atoms with Crippen LogP contribution in [-0.2, 0) is 49.9 Å². The fourth-order valence-electron chi connectivity index (χ4n) is 9.62. The first-order valence-corrected chi connectivity index (χ1v) is 22.8. The molecule has 3 N–H and O–H groups in total. The number of nitrogens with zero attached hydrogens (tertiary/aromatic N) is 3. The summed E-state index contributed by atoms with van der Waals surface area (Å²) in [7, 11) is 5.54. The van der Waals surface area contributed by atoms with Crippen LogP contribution in [0, 0.1) is 29.6 Å². The summed E-state index contributed by atoms with van der Waals surface area (Å²) in [5.74, 6) is -6.10. The minimum absolute atomic E-state index is 0.0615. The van der Waals surface area contributed by atoms with Gasteiger partial charge in [-0.3, -0.25) is 19.1 Å². The molecule has 1 aromatic heterocycles. The van der Waals surface area contributed by atoms with Crippen LogP contribution in [0.2, 0.25) is 0 Å². The highest BCUT2D eigenvalue weighted by atomic mass is 16.7. The molecule has 0 aliphatic carbocycles. The van der Waals surface area contributed by atoms with E-state index in [9.17, 15) is 29.1 Å². The minimum Gasteiger partial charge on any atom is -0.461 e. The molecule has 4 heterocycles. The number of cyclic esters (lactones) is 1. The second-order valence-corrected chi connectivity index (χ2v) is 19.1. The first-order chi connectivity index (χ1) is 30.5. The van der Waals surface area contributed by atoms with Gasteiger partial charge in [0.05, 0.1) is 29.7 Å². The third-order valence-electron chi connectivity index (χ3n) is 13.3. The molecule has 0 bridgehead atoms. The zero-order valence-corrected chi connectivity index (χ0v) is 40.2. The number of Topliss-reactive ketones (excluding diaryl/α,β-unsaturated/α-hetero) is 1. The molecule has 1 aromatic carbocycles. The number of alkyl carbamates (subject to hydrolysis) is 2. The Morgan fingerprint density at radius 2 is 1.74 bits per heavy atom. The molecule has 17 heteroatoms. The number of rotatable bonds is 11. The van der Waals surface area contributed by atoms with Gasteiger partial charge < -0.3 is 49.1 Å². The average Bonchev–Trinajstić information content (AvgIpc) is 3.83. The van der Waals surface area contributed by atoms with Crippen molar-refractivity contribution in [3.63, 3.8) is 0 Å². The zero-order chi connectivity index (χ0) is 48.1. The molecule has 3 aliphatic rings. The number of aryl methyl sites for hydroxylation is 1. The second kappa shape index (κ2) is 21.2. The fraction of sp³-hybridized carbons (Fsp3) is 0.667. The summed E-state index contributed by atoms with van der Waals surface area (Å²) in [6.45, 7) is 16.9. The highest BCUT2D eigenvalue weighted by Gasteiger charge is 2.58. The molecule has 2 amide bonds. The van der Waals surface area contributed by atoms with Crippen molar-refractivity contribution in [3.05, 3.63) is 48.2 Å². The van der Waals surface area contributed by atoms with Crippen molar-refractivity contribution in [1.82, 2.24) is 25.3 Å². The SMILES string of the molecule is CC[C@H]1OC(=O)[C@H](C)[C@@H](OC(=O)C(C)C)[C@H](C)[C@@H](O[C@@H]2O[C@H](C)C[C@H](N(C)C)[C@H]2O)[C@](C)(OC(=O)NC/C=C/c2ccc(-c3ccn(C)n3)cc2)C[C@@H](C)C(=O)[C@H](C)[C@H]2NC(=O)O[C@@]21C. The van der Waals surface area contributed by atoms with Crippen molar-refractivity contribution >= 4 is 36.0 Å². The number of likely N-dealkylation sites (N-methyl/N-ethyl adjacent to an activating group) is 1. The highest BCUT2D eigenvalue weighted by molar-refractivity contribution is 5.85. The zero-order valence-electron chi connectivity index (χ0n) is 40.2. The molecule has 17 nitrogen and oxygen atoms in total. The number of fused-ring (bicyclic) bond motifs is 1. The van der Waals surface area contributed by atoms with E-state index >= 15 is 0 Å². The van der Waals surface area contributed by atoms with Gasteiger partial charge in [-0.2, -0.15) is 5.10 Å². The van der Waals surface area contributed by atoms with E-state index in [1.807, 2.05) is 75.6 Å². The topological polar surface area (TPSA) is 206 Å². The van der Waals surface area contributed by atoms with E-state index in [4.69, 9.17) is 28.4 Å². The predicted molar refractivity (Wildman–Crippen MR) is 241 cm³/mol. The van der Waals surface area contributed by atoms with E-state index in [0.717, 1.165) is 16.8 Å². The van der Waals surface area contributed by atoms with Crippen molar-refractivity contribution < 1.29 is 57.5 Å². The Balaban J connectivity index is 1.56. The first kappa shape index (κ1) is 51.1. The van der Waals surface area contributed by atoms with Crippen molar-refractivity contribution in [3.8, 4) is 11.3 Å². The van der Waals surface area contributed by atoms with Gasteiger partial charge in [-0.15, -0.1) is 0 Å². The molecule has 0 spiro atoms. The largest absolute Gasteiger partial charge is 0.461 e. The number of aliphatic hydroxyl groups is 1. The molecular formula is C48H71N5O12. The summed E-state index contributed by atoms with van der Waals surface area (Å²) in [4.78, 5) is 71.5. The third kappa shape index (κ3) is 11.8. The Kier molecular flexibility index (Phi) is 16.7. The summed E-state index contributed by atoms with van der Waals surface area (Å²) in [6, 6.07) is 8.42. The Morgan fingerprint density at radius 3 is 2.34 bits per heavy atom. The van der Waals surface area contributed by atoms with Crippen molar-refractivity contribution in [2.24, 2.45) is 36.6 Å². The molecule has 3 aliphatic heterocycles. The number of carbonyl (C=O) groups excluding carboxylic acids is 5. The first-order valence-electron chi connectivity index (χ1n) is 22.8. The lowest BCUT2D eigenvalue weighted by atomic mass is 9.73. The van der Waals surface area contributed by atoms with E-state index in [1.54, 1.807) is 73.1 Å². The Morgan fingerprint density at radius 1 is 1.06 bits per heavy atom. The normalized spacial score (nSPS) is 34.9. The maximum absolute atomic E-state index is 14.7. The Hall–Kier alpha value is -4.84. The monoisotopic (exact) mass is 910 g/mol. The summed E-state index contributed by atoms with van der Waals surface area (Å²) >= 11 is 0. The Labute approximate surface area is 383 Å². The molecule has 65 heavy (non-hydrogen) atoms. The van der Waals surface area contributed by atoms with E-state index in [0.29, 0.717) is 6.42 Å². The number of ether oxygens (including phenoxy) is 6. The number of hydrogen-bond acceptors (Lipinski definition) is 14. The molecule has 0 unspecified atom stereocenters. The van der Waals surface area contributed by atoms with Crippen LogP contribution in [-0.4, -0.2) is 130 Å². The number of benzene rings is 1. The van der Waals surface area contributed by atoms with E-state index in [2.05, 4.69) is 15.7 Å². The number of ketones is 1. The number of aliphatic hydroxyl groups excluding tert-OH is 1. The van der Waals surface area contributed by atoms with Crippen molar-refractivity contribution in [2.75, 3.05) is 20.6 Å². The van der Waals surface area contributed by atoms with Gasteiger partial charge >= 0.3 is 24.1 Å².